The van der Waals surface area contributed by atoms with Crippen molar-refractivity contribution in [3.63, 3.8) is 0 Å². The summed E-state index contributed by atoms with van der Waals surface area (Å²) in [6.07, 6.45) is 2.99. The van der Waals surface area contributed by atoms with Gasteiger partial charge in [0.05, 0.1) is 21.6 Å². The Balaban J connectivity index is 1.94. The molecule has 0 spiro atoms. The molecule has 5 heteroatoms. The van der Waals surface area contributed by atoms with Crippen LogP contribution in [0.4, 0.5) is 0 Å². The highest BCUT2D eigenvalue weighted by molar-refractivity contribution is 7.80. The summed E-state index contributed by atoms with van der Waals surface area (Å²) < 4.78 is 5.71. The van der Waals surface area contributed by atoms with E-state index in [-0.39, 0.29) is 5.41 Å². The molecule has 92 valence electrons. The largest absolute Gasteiger partial charge is 0.493 e. The van der Waals surface area contributed by atoms with E-state index >= 15 is 0 Å². The number of nitrogens with two attached hydrogens (primary N) is 1. The maximum absolute atomic E-state index is 5.91. The fourth-order valence-corrected chi connectivity index (χ4v) is 2.32. The maximum atomic E-state index is 5.91. The molecular formula is C12H13Cl2NOS. The second kappa shape index (κ2) is 5.01. The summed E-state index contributed by atoms with van der Waals surface area (Å²) in [5, 5.41) is 1.03. The Morgan fingerprint density at radius 3 is 2.59 bits per heavy atom. The molecule has 0 amide bonds. The first-order valence-corrected chi connectivity index (χ1v) is 6.53. The number of hydrogen-bond acceptors (Lipinski definition) is 2. The predicted octanol–water partition coefficient (Wildman–Crippen LogP) is 3.83. The van der Waals surface area contributed by atoms with Gasteiger partial charge in [-0.15, -0.1) is 0 Å². The molecule has 1 saturated carbocycles. The van der Waals surface area contributed by atoms with E-state index in [9.17, 15) is 0 Å². The first-order chi connectivity index (χ1) is 8.01. The summed E-state index contributed by atoms with van der Waals surface area (Å²) >= 11 is 16.7. The van der Waals surface area contributed by atoms with E-state index in [1.54, 1.807) is 12.1 Å². The lowest BCUT2D eigenvalue weighted by Crippen LogP contribution is -2.20. The van der Waals surface area contributed by atoms with Gasteiger partial charge in [0.2, 0.25) is 0 Å². The van der Waals surface area contributed by atoms with E-state index in [2.05, 4.69) is 0 Å². The van der Waals surface area contributed by atoms with Crippen molar-refractivity contribution >= 4 is 40.4 Å². The Bertz CT molecular complexity index is 446. The number of benzene rings is 1. The predicted molar refractivity (Wildman–Crippen MR) is 75.0 cm³/mol. The molecule has 0 radical (unpaired) electrons. The summed E-state index contributed by atoms with van der Waals surface area (Å²) in [5.74, 6) is 0.730. The summed E-state index contributed by atoms with van der Waals surface area (Å²) in [5.41, 5.74) is 5.72. The molecule has 0 aromatic heterocycles. The van der Waals surface area contributed by atoms with E-state index < -0.39 is 0 Å². The van der Waals surface area contributed by atoms with Crippen molar-refractivity contribution < 1.29 is 4.74 Å². The highest BCUT2D eigenvalue weighted by atomic mass is 35.5. The van der Waals surface area contributed by atoms with Gasteiger partial charge >= 0.3 is 0 Å². The second-order valence-electron chi connectivity index (χ2n) is 4.51. The number of ether oxygens (including phenoxy) is 1. The first kappa shape index (κ1) is 12.9. The van der Waals surface area contributed by atoms with Crippen LogP contribution in [0.15, 0.2) is 18.2 Å². The van der Waals surface area contributed by atoms with Gasteiger partial charge in [-0.3, -0.25) is 0 Å². The molecule has 0 atom stereocenters. The molecule has 2 rings (SSSR count). The molecule has 1 fully saturated rings. The number of thiocarbonyl (C=S) groups is 1. The standard InChI is InChI=1S/C12H13Cl2NOS/c13-9-2-1-8(5-10(9)14)16-7-12(3-4-12)6-11(15)17/h1-2,5H,3-4,6-7H2,(H2,15,17). The van der Waals surface area contributed by atoms with Crippen molar-refractivity contribution in [2.45, 2.75) is 19.3 Å². The lowest BCUT2D eigenvalue weighted by atomic mass is 10.0. The van der Waals surface area contributed by atoms with Gasteiger partial charge in [0.1, 0.15) is 5.75 Å². The number of hydrogen-bond donors (Lipinski definition) is 1. The van der Waals surface area contributed by atoms with Gasteiger partial charge in [-0.05, 0) is 25.0 Å². The Morgan fingerprint density at radius 1 is 1.35 bits per heavy atom. The molecule has 17 heavy (non-hydrogen) atoms. The van der Waals surface area contributed by atoms with Crippen molar-refractivity contribution in [2.24, 2.45) is 11.1 Å². The second-order valence-corrected chi connectivity index (χ2v) is 5.85. The molecule has 1 aliphatic carbocycles. The van der Waals surface area contributed by atoms with E-state index in [0.29, 0.717) is 21.6 Å². The zero-order chi connectivity index (χ0) is 12.5. The molecule has 0 bridgehead atoms. The molecule has 0 heterocycles. The average molecular weight is 290 g/mol. The van der Waals surface area contributed by atoms with Gasteiger partial charge in [0.25, 0.3) is 0 Å². The summed E-state index contributed by atoms with van der Waals surface area (Å²) in [7, 11) is 0. The third kappa shape index (κ3) is 3.47. The molecule has 2 nitrogen and oxygen atoms in total. The van der Waals surface area contributed by atoms with Gasteiger partial charge in [-0.1, -0.05) is 35.4 Å². The van der Waals surface area contributed by atoms with Crippen molar-refractivity contribution in [3.8, 4) is 5.75 Å². The Hall–Kier alpha value is -0.510. The molecule has 0 aliphatic heterocycles. The van der Waals surface area contributed by atoms with Crippen LogP contribution >= 0.6 is 35.4 Å². The van der Waals surface area contributed by atoms with Crippen LogP contribution < -0.4 is 10.5 Å². The molecule has 0 saturated heterocycles. The van der Waals surface area contributed by atoms with Crippen LogP contribution in [0.5, 0.6) is 5.75 Å². The molecule has 0 unspecified atom stereocenters. The van der Waals surface area contributed by atoms with Crippen molar-refractivity contribution in [1.82, 2.24) is 0 Å². The van der Waals surface area contributed by atoms with Crippen LogP contribution in [0.2, 0.25) is 10.0 Å². The van der Waals surface area contributed by atoms with Crippen LogP contribution in [0.1, 0.15) is 19.3 Å². The van der Waals surface area contributed by atoms with E-state index in [0.717, 1.165) is 25.0 Å². The Morgan fingerprint density at radius 2 is 2.06 bits per heavy atom. The van der Waals surface area contributed by atoms with Gasteiger partial charge in [0.15, 0.2) is 0 Å². The summed E-state index contributed by atoms with van der Waals surface area (Å²) in [6, 6.07) is 5.26. The molecular weight excluding hydrogens is 277 g/mol. The summed E-state index contributed by atoms with van der Waals surface area (Å²) in [4.78, 5) is 0.556. The van der Waals surface area contributed by atoms with Gasteiger partial charge in [-0.25, -0.2) is 0 Å². The Kier molecular flexibility index (Phi) is 3.81. The molecule has 1 aromatic carbocycles. The molecule has 1 aromatic rings. The van der Waals surface area contributed by atoms with Crippen LogP contribution in [0.3, 0.4) is 0 Å². The lowest BCUT2D eigenvalue weighted by Gasteiger charge is -2.15. The summed E-state index contributed by atoms with van der Waals surface area (Å²) in [6.45, 7) is 0.627. The fraction of sp³-hybridized carbons (Fsp3) is 0.417. The highest BCUT2D eigenvalue weighted by Gasteiger charge is 2.43. The third-order valence-electron chi connectivity index (χ3n) is 2.94. The minimum atomic E-state index is 0.151. The van der Waals surface area contributed by atoms with Crippen LogP contribution in [-0.4, -0.2) is 11.6 Å². The highest BCUT2D eigenvalue weighted by Crippen LogP contribution is 2.49. The number of rotatable bonds is 5. The van der Waals surface area contributed by atoms with E-state index in [1.165, 1.54) is 0 Å². The SMILES string of the molecule is NC(=S)CC1(COc2ccc(Cl)c(Cl)c2)CC1. The van der Waals surface area contributed by atoms with Crippen molar-refractivity contribution in [1.29, 1.82) is 0 Å². The zero-order valence-corrected chi connectivity index (χ0v) is 11.5. The average Bonchev–Trinajstić information content (AvgIpc) is 2.99. The van der Waals surface area contributed by atoms with Crippen molar-refractivity contribution in [2.75, 3.05) is 6.61 Å². The molecule has 2 N–H and O–H groups in total. The van der Waals surface area contributed by atoms with Crippen LogP contribution in [0.25, 0.3) is 0 Å². The lowest BCUT2D eigenvalue weighted by molar-refractivity contribution is 0.239. The quantitative estimate of drug-likeness (QED) is 0.837. The topological polar surface area (TPSA) is 35.2 Å². The smallest absolute Gasteiger partial charge is 0.120 e. The number of halogens is 2. The zero-order valence-electron chi connectivity index (χ0n) is 9.21. The van der Waals surface area contributed by atoms with Gasteiger partial charge in [0, 0.05) is 17.9 Å². The van der Waals surface area contributed by atoms with Gasteiger partial charge < -0.3 is 10.5 Å². The monoisotopic (exact) mass is 289 g/mol. The van der Waals surface area contributed by atoms with E-state index in [1.807, 2.05) is 6.07 Å². The van der Waals surface area contributed by atoms with Crippen molar-refractivity contribution in [3.05, 3.63) is 28.2 Å². The maximum Gasteiger partial charge on any atom is 0.120 e. The van der Waals surface area contributed by atoms with Crippen LogP contribution in [-0.2, 0) is 0 Å². The molecule has 1 aliphatic rings. The minimum Gasteiger partial charge on any atom is -0.493 e. The normalized spacial score (nSPS) is 16.6. The Labute approximate surface area is 116 Å². The first-order valence-electron chi connectivity index (χ1n) is 5.37. The minimum absolute atomic E-state index is 0.151. The third-order valence-corrected chi connectivity index (χ3v) is 3.83. The fourth-order valence-electron chi connectivity index (χ4n) is 1.72. The van der Waals surface area contributed by atoms with E-state index in [4.69, 9.17) is 45.9 Å². The van der Waals surface area contributed by atoms with Crippen LogP contribution in [0, 0.1) is 5.41 Å². The van der Waals surface area contributed by atoms with Gasteiger partial charge in [-0.2, -0.15) is 0 Å².